The van der Waals surface area contributed by atoms with Gasteiger partial charge in [-0.1, -0.05) is 25.1 Å². The highest BCUT2D eigenvalue weighted by molar-refractivity contribution is 5.82. The molecular formula is C22H35N5O2. The number of rotatable bonds is 5. The van der Waals surface area contributed by atoms with Crippen molar-refractivity contribution >= 4 is 17.6 Å². The van der Waals surface area contributed by atoms with Gasteiger partial charge in [-0.25, -0.2) is 0 Å². The van der Waals surface area contributed by atoms with Crippen molar-refractivity contribution < 1.29 is 9.53 Å². The van der Waals surface area contributed by atoms with E-state index in [1.54, 1.807) is 0 Å². The van der Waals surface area contributed by atoms with Crippen molar-refractivity contribution in [1.29, 1.82) is 0 Å². The molecule has 2 heterocycles. The van der Waals surface area contributed by atoms with E-state index < -0.39 is 0 Å². The van der Waals surface area contributed by atoms with Crippen LogP contribution in [0.2, 0.25) is 0 Å². The van der Waals surface area contributed by atoms with Gasteiger partial charge in [0, 0.05) is 64.6 Å². The third kappa shape index (κ3) is 5.21. The molecule has 1 aromatic carbocycles. The van der Waals surface area contributed by atoms with Crippen LogP contribution in [0.4, 0.5) is 5.69 Å². The summed E-state index contributed by atoms with van der Waals surface area (Å²) in [7, 11) is 3.27. The summed E-state index contributed by atoms with van der Waals surface area (Å²) in [5, 5.41) is 3.52. The minimum atomic E-state index is -0.125. The van der Waals surface area contributed by atoms with Crippen molar-refractivity contribution in [2.24, 2.45) is 16.8 Å². The molecule has 1 N–H and O–H groups in total. The van der Waals surface area contributed by atoms with Gasteiger partial charge in [-0.05, 0) is 25.0 Å². The standard InChI is InChI=1S/C22H35N5O2/c1-17-15-27(16-20(17)21(28)29-4)22(23-3)24-14-18(2)25-10-12-26(13-11-25)19-8-6-5-7-9-19/h5-9,17-18,20H,10-16H2,1-4H3,(H,23,24). The topological polar surface area (TPSA) is 60.4 Å². The second-order valence-electron chi connectivity index (χ2n) is 8.15. The van der Waals surface area contributed by atoms with Crippen LogP contribution in [0.3, 0.4) is 0 Å². The lowest BCUT2D eigenvalue weighted by molar-refractivity contribution is -0.145. The monoisotopic (exact) mass is 401 g/mol. The molecule has 7 heteroatoms. The summed E-state index contributed by atoms with van der Waals surface area (Å²) in [5.41, 5.74) is 1.31. The Bertz CT molecular complexity index is 688. The lowest BCUT2D eigenvalue weighted by Gasteiger charge is -2.39. The Morgan fingerprint density at radius 1 is 1.21 bits per heavy atom. The highest BCUT2D eigenvalue weighted by Gasteiger charge is 2.37. The first-order chi connectivity index (χ1) is 14.0. The van der Waals surface area contributed by atoms with Crippen LogP contribution in [-0.4, -0.2) is 87.7 Å². The van der Waals surface area contributed by atoms with Gasteiger partial charge < -0.3 is 19.9 Å². The first-order valence-corrected chi connectivity index (χ1v) is 10.6. The van der Waals surface area contributed by atoms with Gasteiger partial charge in [0.2, 0.25) is 0 Å². The van der Waals surface area contributed by atoms with Crippen molar-refractivity contribution in [3.05, 3.63) is 30.3 Å². The predicted octanol–water partition coefficient (Wildman–Crippen LogP) is 1.51. The zero-order valence-electron chi connectivity index (χ0n) is 18.2. The maximum atomic E-state index is 12.0. The highest BCUT2D eigenvalue weighted by Crippen LogP contribution is 2.24. The molecule has 0 spiro atoms. The Morgan fingerprint density at radius 3 is 2.52 bits per heavy atom. The summed E-state index contributed by atoms with van der Waals surface area (Å²) in [4.78, 5) is 23.6. The number of anilines is 1. The molecule has 2 aliphatic heterocycles. The molecule has 0 amide bonds. The highest BCUT2D eigenvalue weighted by atomic mass is 16.5. The smallest absolute Gasteiger partial charge is 0.310 e. The first kappa shape index (κ1) is 21.4. The van der Waals surface area contributed by atoms with Crippen molar-refractivity contribution in [2.75, 3.05) is 64.9 Å². The van der Waals surface area contributed by atoms with E-state index in [9.17, 15) is 4.79 Å². The number of esters is 1. The van der Waals surface area contributed by atoms with Crippen LogP contribution >= 0.6 is 0 Å². The molecule has 3 rings (SSSR count). The number of carbonyl (C=O) groups excluding carboxylic acids is 1. The molecule has 3 atom stereocenters. The number of nitrogens with zero attached hydrogens (tertiary/aromatic N) is 4. The number of benzene rings is 1. The van der Waals surface area contributed by atoms with Gasteiger partial charge in [0.15, 0.2) is 5.96 Å². The average Bonchev–Trinajstić information content (AvgIpc) is 3.15. The number of carbonyl (C=O) groups is 1. The molecule has 0 bridgehead atoms. The number of nitrogens with one attached hydrogen (secondary N) is 1. The number of piperazine rings is 1. The number of ether oxygens (including phenoxy) is 1. The number of guanidine groups is 1. The molecule has 3 unspecified atom stereocenters. The van der Waals surface area contributed by atoms with E-state index in [-0.39, 0.29) is 17.8 Å². The Labute approximate surface area is 174 Å². The number of hydrogen-bond acceptors (Lipinski definition) is 5. The van der Waals surface area contributed by atoms with Crippen LogP contribution in [0.5, 0.6) is 0 Å². The van der Waals surface area contributed by atoms with E-state index in [4.69, 9.17) is 4.74 Å². The first-order valence-electron chi connectivity index (χ1n) is 10.6. The van der Waals surface area contributed by atoms with Crippen LogP contribution in [0.1, 0.15) is 13.8 Å². The predicted molar refractivity (Wildman–Crippen MR) is 117 cm³/mol. The second-order valence-corrected chi connectivity index (χ2v) is 8.15. The van der Waals surface area contributed by atoms with Crippen LogP contribution in [0.15, 0.2) is 35.3 Å². The van der Waals surface area contributed by atoms with Crippen molar-refractivity contribution in [1.82, 2.24) is 15.1 Å². The maximum Gasteiger partial charge on any atom is 0.310 e. The Balaban J connectivity index is 1.46. The fourth-order valence-electron chi connectivity index (χ4n) is 4.36. The van der Waals surface area contributed by atoms with E-state index in [2.05, 4.69) is 69.2 Å². The minimum absolute atomic E-state index is 0.0814. The van der Waals surface area contributed by atoms with Crippen LogP contribution in [0.25, 0.3) is 0 Å². The molecule has 7 nitrogen and oxygen atoms in total. The van der Waals surface area contributed by atoms with E-state index >= 15 is 0 Å². The quantitative estimate of drug-likeness (QED) is 0.459. The van der Waals surface area contributed by atoms with Crippen molar-refractivity contribution in [2.45, 2.75) is 19.9 Å². The molecule has 0 aliphatic carbocycles. The summed E-state index contributed by atoms with van der Waals surface area (Å²) in [6.07, 6.45) is 0. The molecule has 2 aliphatic rings. The summed E-state index contributed by atoms with van der Waals surface area (Å²) >= 11 is 0. The summed E-state index contributed by atoms with van der Waals surface area (Å²) in [5.74, 6) is 0.935. The molecule has 29 heavy (non-hydrogen) atoms. The summed E-state index contributed by atoms with van der Waals surface area (Å²) in [6, 6.07) is 11.1. The Hall–Kier alpha value is -2.28. The van der Waals surface area contributed by atoms with E-state index in [0.717, 1.165) is 45.2 Å². The summed E-state index contributed by atoms with van der Waals surface area (Å²) < 4.78 is 4.95. The molecule has 0 saturated carbocycles. The number of methoxy groups -OCH3 is 1. The molecule has 160 valence electrons. The van der Waals surface area contributed by atoms with Crippen LogP contribution < -0.4 is 10.2 Å². The Kier molecular flexibility index (Phi) is 7.36. The van der Waals surface area contributed by atoms with Gasteiger partial charge in [0.05, 0.1) is 13.0 Å². The summed E-state index contributed by atoms with van der Waals surface area (Å²) in [6.45, 7) is 10.9. The van der Waals surface area contributed by atoms with Crippen LogP contribution in [0, 0.1) is 11.8 Å². The third-order valence-corrected chi connectivity index (χ3v) is 6.24. The normalized spacial score (nSPS) is 24.5. The molecular weight excluding hydrogens is 366 g/mol. The van der Waals surface area contributed by atoms with E-state index in [0.29, 0.717) is 12.6 Å². The number of para-hydroxylation sites is 1. The lowest BCUT2D eigenvalue weighted by Crippen LogP contribution is -2.53. The average molecular weight is 402 g/mol. The third-order valence-electron chi connectivity index (χ3n) is 6.24. The Morgan fingerprint density at radius 2 is 1.90 bits per heavy atom. The number of likely N-dealkylation sites (tertiary alicyclic amines) is 1. The fourth-order valence-corrected chi connectivity index (χ4v) is 4.36. The van der Waals surface area contributed by atoms with E-state index in [1.165, 1.54) is 12.8 Å². The SMILES string of the molecule is CN=C(NCC(C)N1CCN(c2ccccc2)CC1)N1CC(C)C(C(=O)OC)C1. The zero-order chi connectivity index (χ0) is 20.8. The van der Waals surface area contributed by atoms with Gasteiger partial charge in [-0.3, -0.25) is 14.7 Å². The van der Waals surface area contributed by atoms with Gasteiger partial charge in [0.25, 0.3) is 0 Å². The lowest BCUT2D eigenvalue weighted by atomic mass is 9.99. The number of aliphatic imine (C=N–C) groups is 1. The van der Waals surface area contributed by atoms with Crippen molar-refractivity contribution in [3.8, 4) is 0 Å². The molecule has 2 fully saturated rings. The van der Waals surface area contributed by atoms with Crippen LogP contribution in [-0.2, 0) is 9.53 Å². The second kappa shape index (κ2) is 9.96. The minimum Gasteiger partial charge on any atom is -0.469 e. The van der Waals surface area contributed by atoms with Gasteiger partial charge in [-0.15, -0.1) is 0 Å². The van der Waals surface area contributed by atoms with Crippen molar-refractivity contribution in [3.63, 3.8) is 0 Å². The fraction of sp³-hybridized carbons (Fsp3) is 0.636. The maximum absolute atomic E-state index is 12.0. The number of hydrogen-bond donors (Lipinski definition) is 1. The molecule has 2 saturated heterocycles. The van der Waals surface area contributed by atoms with E-state index in [1.807, 2.05) is 7.05 Å². The van der Waals surface area contributed by atoms with Gasteiger partial charge >= 0.3 is 5.97 Å². The molecule has 0 aromatic heterocycles. The van der Waals surface area contributed by atoms with Gasteiger partial charge in [0.1, 0.15) is 0 Å². The molecule has 1 aromatic rings. The molecule has 0 radical (unpaired) electrons. The largest absolute Gasteiger partial charge is 0.469 e. The zero-order valence-corrected chi connectivity index (χ0v) is 18.2. The van der Waals surface area contributed by atoms with Gasteiger partial charge in [-0.2, -0.15) is 0 Å².